The molecule has 1 aliphatic carbocycles. The Hall–Kier alpha value is -1.36. The number of nitrogens with one attached hydrogen (secondary N) is 2. The van der Waals surface area contributed by atoms with Crippen molar-refractivity contribution in [3.05, 3.63) is 19.0 Å². The highest BCUT2D eigenvalue weighted by molar-refractivity contribution is 5.22. The maximum atomic E-state index is 5.63. The maximum Gasteiger partial charge on any atom is 0.218 e. The topological polar surface area (TPSA) is 62.8 Å². The Morgan fingerprint density at radius 3 is 2.94 bits per heavy atom. The number of aromatic amines is 1. The van der Waals surface area contributed by atoms with E-state index in [0.717, 1.165) is 31.6 Å². The van der Waals surface area contributed by atoms with Crippen molar-refractivity contribution in [3.8, 4) is 0 Å². The molecule has 16 heavy (non-hydrogen) atoms. The van der Waals surface area contributed by atoms with Crippen molar-refractivity contribution in [2.24, 2.45) is 0 Å². The van der Waals surface area contributed by atoms with Gasteiger partial charge in [-0.3, -0.25) is 0 Å². The van der Waals surface area contributed by atoms with Crippen molar-refractivity contribution in [2.75, 3.05) is 11.9 Å². The molecule has 0 amide bonds. The zero-order valence-corrected chi connectivity index (χ0v) is 9.35. The van der Waals surface area contributed by atoms with Gasteiger partial charge < -0.3 is 10.1 Å². The minimum atomic E-state index is 0.394. The maximum absolute atomic E-state index is 5.63. The molecule has 1 saturated carbocycles. The molecule has 1 heterocycles. The summed E-state index contributed by atoms with van der Waals surface area (Å²) < 4.78 is 5.63. The van der Waals surface area contributed by atoms with Crippen molar-refractivity contribution in [1.29, 1.82) is 0 Å². The molecule has 88 valence electrons. The summed E-state index contributed by atoms with van der Waals surface area (Å²) in [7, 11) is 0. The summed E-state index contributed by atoms with van der Waals surface area (Å²) >= 11 is 0. The molecular weight excluding hydrogens is 204 g/mol. The number of rotatable bonds is 5. The highest BCUT2D eigenvalue weighted by Gasteiger charge is 2.21. The van der Waals surface area contributed by atoms with Gasteiger partial charge >= 0.3 is 0 Å². The van der Waals surface area contributed by atoms with Crippen LogP contribution in [0.1, 0.15) is 25.7 Å². The summed E-state index contributed by atoms with van der Waals surface area (Å²) in [5.74, 6) is 0.760. The third-order valence-corrected chi connectivity index (χ3v) is 2.88. The van der Waals surface area contributed by atoms with Gasteiger partial charge in [-0.1, -0.05) is 6.08 Å². The summed E-state index contributed by atoms with van der Waals surface area (Å²) in [5, 5.41) is 9.95. The fraction of sp³-hybridized carbons (Fsp3) is 0.636. The van der Waals surface area contributed by atoms with Crippen LogP contribution in [0.25, 0.3) is 0 Å². The molecule has 0 unspecified atom stereocenters. The lowest BCUT2D eigenvalue weighted by atomic mass is 9.93. The van der Waals surface area contributed by atoms with E-state index in [-0.39, 0.29) is 0 Å². The molecule has 0 aromatic carbocycles. The second kappa shape index (κ2) is 5.65. The van der Waals surface area contributed by atoms with E-state index in [1.165, 1.54) is 6.33 Å². The van der Waals surface area contributed by atoms with Crippen molar-refractivity contribution in [3.63, 3.8) is 0 Å². The summed E-state index contributed by atoms with van der Waals surface area (Å²) in [5.41, 5.74) is 0. The summed E-state index contributed by atoms with van der Waals surface area (Å²) in [6, 6.07) is 0.483. The van der Waals surface area contributed by atoms with Crippen molar-refractivity contribution >= 4 is 5.95 Å². The van der Waals surface area contributed by atoms with E-state index in [1.54, 1.807) is 6.08 Å². The predicted octanol–water partition coefficient (Wildman–Crippen LogP) is 1.73. The normalized spacial score (nSPS) is 25.2. The van der Waals surface area contributed by atoms with E-state index in [2.05, 4.69) is 27.1 Å². The Morgan fingerprint density at radius 1 is 1.50 bits per heavy atom. The van der Waals surface area contributed by atoms with E-state index in [0.29, 0.717) is 18.8 Å². The average molecular weight is 222 g/mol. The van der Waals surface area contributed by atoms with Gasteiger partial charge in [0, 0.05) is 6.04 Å². The second-order valence-corrected chi connectivity index (χ2v) is 4.07. The molecule has 5 nitrogen and oxygen atoms in total. The first-order valence-corrected chi connectivity index (χ1v) is 5.73. The summed E-state index contributed by atoms with van der Waals surface area (Å²) in [6.07, 6.45) is 8.13. The Labute approximate surface area is 95.3 Å². The smallest absolute Gasteiger partial charge is 0.218 e. The van der Waals surface area contributed by atoms with Gasteiger partial charge in [-0.25, -0.2) is 10.1 Å². The SMILES string of the molecule is C=CCOC1CCC(Nc2ncn[nH]2)CC1. The van der Waals surface area contributed by atoms with Crippen LogP contribution in [-0.2, 0) is 4.74 Å². The average Bonchev–Trinajstić information content (AvgIpc) is 2.81. The molecule has 1 aliphatic rings. The zero-order valence-electron chi connectivity index (χ0n) is 9.35. The van der Waals surface area contributed by atoms with Crippen LogP contribution < -0.4 is 5.32 Å². The van der Waals surface area contributed by atoms with Crippen LogP contribution in [0.3, 0.4) is 0 Å². The molecule has 0 bridgehead atoms. The first-order chi connectivity index (χ1) is 7.88. The van der Waals surface area contributed by atoms with Crippen LogP contribution in [0.2, 0.25) is 0 Å². The van der Waals surface area contributed by atoms with Crippen molar-refractivity contribution in [1.82, 2.24) is 15.2 Å². The lowest BCUT2D eigenvalue weighted by Gasteiger charge is -2.28. The number of hydrogen-bond donors (Lipinski definition) is 2. The summed E-state index contributed by atoms with van der Waals surface area (Å²) in [4.78, 5) is 4.06. The number of ether oxygens (including phenoxy) is 1. The van der Waals surface area contributed by atoms with E-state index in [9.17, 15) is 0 Å². The van der Waals surface area contributed by atoms with Gasteiger partial charge in [-0.05, 0) is 25.7 Å². The Bertz CT molecular complexity index is 304. The molecule has 2 N–H and O–H groups in total. The fourth-order valence-electron chi connectivity index (χ4n) is 2.05. The molecular formula is C11H18N4O. The first-order valence-electron chi connectivity index (χ1n) is 5.73. The van der Waals surface area contributed by atoms with Crippen LogP contribution >= 0.6 is 0 Å². The van der Waals surface area contributed by atoms with Crippen LogP contribution in [0.15, 0.2) is 19.0 Å². The monoisotopic (exact) mass is 222 g/mol. The Morgan fingerprint density at radius 2 is 2.31 bits per heavy atom. The van der Waals surface area contributed by atoms with Gasteiger partial charge in [0.25, 0.3) is 0 Å². The molecule has 1 aromatic rings. The third kappa shape index (κ3) is 3.06. The molecule has 0 aliphatic heterocycles. The van der Waals surface area contributed by atoms with Gasteiger partial charge in [-0.15, -0.1) is 6.58 Å². The molecule has 0 saturated heterocycles. The van der Waals surface area contributed by atoms with Gasteiger partial charge in [0.2, 0.25) is 5.95 Å². The predicted molar refractivity (Wildman–Crippen MR) is 62.2 cm³/mol. The lowest BCUT2D eigenvalue weighted by molar-refractivity contribution is 0.0443. The van der Waals surface area contributed by atoms with E-state index in [4.69, 9.17) is 4.74 Å². The van der Waals surface area contributed by atoms with Crippen LogP contribution in [-0.4, -0.2) is 33.9 Å². The highest BCUT2D eigenvalue weighted by atomic mass is 16.5. The largest absolute Gasteiger partial charge is 0.374 e. The van der Waals surface area contributed by atoms with E-state index >= 15 is 0 Å². The summed E-state index contributed by atoms with van der Waals surface area (Å²) in [6.45, 7) is 4.31. The number of nitrogens with zero attached hydrogens (tertiary/aromatic N) is 2. The lowest BCUT2D eigenvalue weighted by Crippen LogP contribution is -2.30. The van der Waals surface area contributed by atoms with Crippen LogP contribution in [0.5, 0.6) is 0 Å². The van der Waals surface area contributed by atoms with Crippen molar-refractivity contribution < 1.29 is 4.74 Å². The Kier molecular flexibility index (Phi) is 3.93. The third-order valence-electron chi connectivity index (χ3n) is 2.88. The standard InChI is InChI=1S/C11H18N4O/c1-2-7-16-10-5-3-9(4-6-10)14-11-12-8-13-15-11/h2,8-10H,1,3-7H2,(H2,12,13,14,15). The van der Waals surface area contributed by atoms with Gasteiger partial charge in [0.15, 0.2) is 0 Å². The second-order valence-electron chi connectivity index (χ2n) is 4.07. The van der Waals surface area contributed by atoms with Gasteiger partial charge in [0.1, 0.15) is 6.33 Å². The number of anilines is 1. The van der Waals surface area contributed by atoms with Crippen molar-refractivity contribution in [2.45, 2.75) is 37.8 Å². The Balaban J connectivity index is 1.71. The number of aromatic nitrogens is 3. The highest BCUT2D eigenvalue weighted by Crippen LogP contribution is 2.22. The number of H-pyrrole nitrogens is 1. The minimum Gasteiger partial charge on any atom is -0.374 e. The zero-order chi connectivity index (χ0) is 11.2. The molecule has 5 heteroatoms. The molecule has 2 rings (SSSR count). The quantitative estimate of drug-likeness (QED) is 0.745. The first kappa shape index (κ1) is 11.1. The minimum absolute atomic E-state index is 0.394. The molecule has 0 radical (unpaired) electrons. The molecule has 1 aromatic heterocycles. The number of hydrogen-bond acceptors (Lipinski definition) is 4. The van der Waals surface area contributed by atoms with Crippen LogP contribution in [0, 0.1) is 0 Å². The van der Waals surface area contributed by atoms with E-state index < -0.39 is 0 Å². The van der Waals surface area contributed by atoms with E-state index in [1.807, 2.05) is 0 Å². The fourth-order valence-corrected chi connectivity index (χ4v) is 2.05. The molecule has 0 atom stereocenters. The van der Waals surface area contributed by atoms with Gasteiger partial charge in [-0.2, -0.15) is 5.10 Å². The molecule has 0 spiro atoms. The van der Waals surface area contributed by atoms with Crippen LogP contribution in [0.4, 0.5) is 5.95 Å². The van der Waals surface area contributed by atoms with Gasteiger partial charge in [0.05, 0.1) is 12.7 Å². The molecule has 1 fully saturated rings.